The second kappa shape index (κ2) is 9.30. The topological polar surface area (TPSA) is 73.5 Å². The number of carbonyl (C=O) groups is 1. The summed E-state index contributed by atoms with van der Waals surface area (Å²) in [6.07, 6.45) is 0. The number of hydrogen-bond acceptors (Lipinski definition) is 5. The van der Waals surface area contributed by atoms with Gasteiger partial charge in [-0.25, -0.2) is 9.36 Å². The standard InChI is InChI=1S/C26H27N3O4S/c1-6-33-20-13-11-19(12-14-20)29-23(30)21-17(3)22(24(31)27(4)5)34-25(21)28(26(29)32)15-18-9-7-16(2)8-10-18/h7-14H,6,15H2,1-5H3. The zero-order valence-corrected chi connectivity index (χ0v) is 20.7. The third kappa shape index (κ3) is 4.17. The van der Waals surface area contributed by atoms with E-state index in [9.17, 15) is 14.4 Å². The van der Waals surface area contributed by atoms with E-state index in [-0.39, 0.29) is 12.5 Å². The van der Waals surface area contributed by atoms with Crippen molar-refractivity contribution in [2.75, 3.05) is 20.7 Å². The lowest BCUT2D eigenvalue weighted by Crippen LogP contribution is -2.38. The fourth-order valence-electron chi connectivity index (χ4n) is 3.85. The van der Waals surface area contributed by atoms with E-state index < -0.39 is 11.2 Å². The first kappa shape index (κ1) is 23.5. The summed E-state index contributed by atoms with van der Waals surface area (Å²) in [6, 6.07) is 14.8. The van der Waals surface area contributed by atoms with Crippen LogP contribution in [0.2, 0.25) is 0 Å². The summed E-state index contributed by atoms with van der Waals surface area (Å²) in [5, 5.41) is 0.385. The highest BCUT2D eigenvalue weighted by Crippen LogP contribution is 2.29. The average Bonchev–Trinajstić information content (AvgIpc) is 3.16. The Morgan fingerprint density at radius 1 is 1.00 bits per heavy atom. The lowest BCUT2D eigenvalue weighted by atomic mass is 10.1. The largest absolute Gasteiger partial charge is 0.494 e. The number of fused-ring (bicyclic) bond motifs is 1. The normalized spacial score (nSPS) is 11.1. The third-order valence-corrected chi connectivity index (χ3v) is 6.98. The minimum absolute atomic E-state index is 0.194. The number of thiophene rings is 1. The summed E-state index contributed by atoms with van der Waals surface area (Å²) in [5.74, 6) is 0.464. The molecule has 0 aliphatic rings. The molecule has 2 heterocycles. The summed E-state index contributed by atoms with van der Waals surface area (Å²) >= 11 is 1.19. The molecule has 0 saturated carbocycles. The number of benzene rings is 2. The molecule has 2 aromatic heterocycles. The molecule has 0 N–H and O–H groups in total. The number of aryl methyl sites for hydroxylation is 2. The Bertz CT molecular complexity index is 1480. The minimum atomic E-state index is -0.452. The Balaban J connectivity index is 2.01. The van der Waals surface area contributed by atoms with Crippen molar-refractivity contribution in [3.8, 4) is 11.4 Å². The molecule has 176 valence electrons. The monoisotopic (exact) mass is 477 g/mol. The maximum atomic E-state index is 13.7. The van der Waals surface area contributed by atoms with Gasteiger partial charge in [0, 0.05) is 14.1 Å². The molecule has 34 heavy (non-hydrogen) atoms. The number of ether oxygens (including phenoxy) is 1. The van der Waals surface area contributed by atoms with E-state index in [2.05, 4.69) is 0 Å². The van der Waals surface area contributed by atoms with Gasteiger partial charge in [-0.1, -0.05) is 29.8 Å². The Morgan fingerprint density at radius 2 is 1.65 bits per heavy atom. The molecule has 0 aliphatic heterocycles. The van der Waals surface area contributed by atoms with E-state index in [0.29, 0.717) is 38.7 Å². The molecule has 8 heteroatoms. The second-order valence-electron chi connectivity index (χ2n) is 8.36. The Hall–Kier alpha value is -3.65. The Kier molecular flexibility index (Phi) is 6.43. The molecular formula is C26H27N3O4S. The summed E-state index contributed by atoms with van der Waals surface area (Å²) in [6.45, 7) is 6.46. The SMILES string of the molecule is CCOc1ccc(-n2c(=O)c3c(C)c(C(=O)N(C)C)sc3n(Cc3ccc(C)cc3)c2=O)cc1. The van der Waals surface area contributed by atoms with Gasteiger partial charge in [-0.2, -0.15) is 0 Å². The van der Waals surface area contributed by atoms with Crippen LogP contribution in [0.3, 0.4) is 0 Å². The zero-order valence-electron chi connectivity index (χ0n) is 19.9. The second-order valence-corrected chi connectivity index (χ2v) is 9.36. The smallest absolute Gasteiger partial charge is 0.337 e. The fourth-order valence-corrected chi connectivity index (χ4v) is 5.17. The van der Waals surface area contributed by atoms with E-state index in [4.69, 9.17) is 4.74 Å². The van der Waals surface area contributed by atoms with E-state index in [1.54, 1.807) is 49.9 Å². The number of rotatable bonds is 6. The molecule has 0 spiro atoms. The molecule has 0 saturated heterocycles. The quantitative estimate of drug-likeness (QED) is 0.421. The van der Waals surface area contributed by atoms with Crippen LogP contribution in [0.1, 0.15) is 33.3 Å². The van der Waals surface area contributed by atoms with Gasteiger partial charge in [-0.15, -0.1) is 11.3 Å². The van der Waals surface area contributed by atoms with Crippen molar-refractivity contribution in [3.63, 3.8) is 0 Å². The molecule has 2 aromatic carbocycles. The van der Waals surface area contributed by atoms with Crippen molar-refractivity contribution in [1.82, 2.24) is 14.0 Å². The Labute approximate surface area is 201 Å². The lowest BCUT2D eigenvalue weighted by Gasteiger charge is -2.13. The van der Waals surface area contributed by atoms with Gasteiger partial charge in [-0.05, 0) is 56.2 Å². The fraction of sp³-hybridized carbons (Fsp3) is 0.269. The van der Waals surface area contributed by atoms with Crippen LogP contribution in [0.25, 0.3) is 15.9 Å². The van der Waals surface area contributed by atoms with Crippen LogP contribution in [0.4, 0.5) is 0 Å². The van der Waals surface area contributed by atoms with Crippen LogP contribution in [-0.2, 0) is 6.54 Å². The number of nitrogens with zero attached hydrogens (tertiary/aromatic N) is 3. The minimum Gasteiger partial charge on any atom is -0.494 e. The van der Waals surface area contributed by atoms with E-state index >= 15 is 0 Å². The molecular weight excluding hydrogens is 450 g/mol. The number of amides is 1. The predicted octanol–water partition coefficient (Wildman–Crippen LogP) is 3.98. The first-order chi connectivity index (χ1) is 16.2. The highest BCUT2D eigenvalue weighted by molar-refractivity contribution is 7.20. The van der Waals surface area contributed by atoms with Gasteiger partial charge in [0.1, 0.15) is 10.6 Å². The van der Waals surface area contributed by atoms with Crippen LogP contribution in [0.15, 0.2) is 58.1 Å². The third-order valence-electron chi connectivity index (χ3n) is 5.68. The molecule has 4 rings (SSSR count). The first-order valence-corrected chi connectivity index (χ1v) is 11.8. The van der Waals surface area contributed by atoms with Gasteiger partial charge in [0.05, 0.1) is 29.1 Å². The van der Waals surface area contributed by atoms with Gasteiger partial charge in [0.15, 0.2) is 0 Å². The summed E-state index contributed by atoms with van der Waals surface area (Å²) in [5.41, 5.74) is 2.19. The van der Waals surface area contributed by atoms with E-state index in [0.717, 1.165) is 11.1 Å². The van der Waals surface area contributed by atoms with Crippen molar-refractivity contribution in [2.24, 2.45) is 0 Å². The number of hydrogen-bond donors (Lipinski definition) is 0. The lowest BCUT2D eigenvalue weighted by molar-refractivity contribution is 0.0831. The molecule has 0 aliphatic carbocycles. The maximum absolute atomic E-state index is 13.7. The van der Waals surface area contributed by atoms with Crippen molar-refractivity contribution < 1.29 is 9.53 Å². The molecule has 0 unspecified atom stereocenters. The Morgan fingerprint density at radius 3 is 2.24 bits per heavy atom. The predicted molar refractivity (Wildman–Crippen MR) is 136 cm³/mol. The van der Waals surface area contributed by atoms with E-state index in [1.165, 1.54) is 20.8 Å². The highest BCUT2D eigenvalue weighted by Gasteiger charge is 2.24. The van der Waals surface area contributed by atoms with Crippen LogP contribution in [0.5, 0.6) is 5.75 Å². The average molecular weight is 478 g/mol. The van der Waals surface area contributed by atoms with Crippen molar-refractivity contribution in [3.05, 3.63) is 90.9 Å². The molecule has 1 amide bonds. The van der Waals surface area contributed by atoms with Crippen LogP contribution < -0.4 is 16.0 Å². The number of aromatic nitrogens is 2. The highest BCUT2D eigenvalue weighted by atomic mass is 32.1. The summed E-state index contributed by atoms with van der Waals surface area (Å²) in [7, 11) is 3.34. The number of carbonyl (C=O) groups excluding carboxylic acids is 1. The van der Waals surface area contributed by atoms with Crippen LogP contribution in [0, 0.1) is 13.8 Å². The van der Waals surface area contributed by atoms with Gasteiger partial charge in [-0.3, -0.25) is 14.2 Å². The molecule has 0 radical (unpaired) electrons. The maximum Gasteiger partial charge on any atom is 0.337 e. The molecule has 0 atom stereocenters. The molecule has 0 fully saturated rings. The van der Waals surface area contributed by atoms with Crippen molar-refractivity contribution in [1.29, 1.82) is 0 Å². The van der Waals surface area contributed by atoms with Crippen molar-refractivity contribution in [2.45, 2.75) is 27.3 Å². The molecule has 0 bridgehead atoms. The van der Waals surface area contributed by atoms with Gasteiger partial charge >= 0.3 is 5.69 Å². The summed E-state index contributed by atoms with van der Waals surface area (Å²) in [4.78, 5) is 42.6. The molecule has 7 nitrogen and oxygen atoms in total. The van der Waals surface area contributed by atoms with Crippen LogP contribution >= 0.6 is 11.3 Å². The van der Waals surface area contributed by atoms with Gasteiger partial charge < -0.3 is 9.64 Å². The van der Waals surface area contributed by atoms with Gasteiger partial charge in [0.25, 0.3) is 11.5 Å². The van der Waals surface area contributed by atoms with Crippen molar-refractivity contribution >= 4 is 27.5 Å². The first-order valence-electron chi connectivity index (χ1n) is 11.0. The van der Waals surface area contributed by atoms with E-state index in [1.807, 2.05) is 38.1 Å². The van der Waals surface area contributed by atoms with Gasteiger partial charge in [0.2, 0.25) is 0 Å². The summed E-state index contributed by atoms with van der Waals surface area (Å²) < 4.78 is 8.26. The molecule has 4 aromatic rings. The zero-order chi connectivity index (χ0) is 24.6. The van der Waals surface area contributed by atoms with Crippen LogP contribution in [-0.4, -0.2) is 40.6 Å².